The number of rotatable bonds is 6. The van der Waals surface area contributed by atoms with Crippen LogP contribution >= 0.6 is 0 Å². The molecule has 2 aromatic carbocycles. The number of ketones is 1. The van der Waals surface area contributed by atoms with Crippen molar-refractivity contribution in [2.45, 2.75) is 19.9 Å². The molecule has 1 amide bonds. The highest BCUT2D eigenvalue weighted by Crippen LogP contribution is 2.29. The van der Waals surface area contributed by atoms with Gasteiger partial charge in [0, 0.05) is 40.8 Å². The Morgan fingerprint density at radius 1 is 1.03 bits per heavy atom. The van der Waals surface area contributed by atoms with Crippen molar-refractivity contribution >= 4 is 28.3 Å². The molecule has 4 aromatic rings. The van der Waals surface area contributed by atoms with Crippen LogP contribution in [0.4, 0.5) is 5.69 Å². The lowest BCUT2D eigenvalue weighted by Crippen LogP contribution is -2.29. The second-order valence-electron chi connectivity index (χ2n) is 7.06. The first-order chi connectivity index (χ1) is 14.9. The maximum atomic E-state index is 12.8. The van der Waals surface area contributed by atoms with Crippen molar-refractivity contribution in [2.75, 3.05) is 5.32 Å². The van der Waals surface area contributed by atoms with Gasteiger partial charge in [-0.15, -0.1) is 0 Å². The van der Waals surface area contributed by atoms with Crippen molar-refractivity contribution in [2.24, 2.45) is 0 Å². The van der Waals surface area contributed by atoms with E-state index in [1.165, 1.54) is 0 Å². The topological polar surface area (TPSA) is 114 Å². The number of aryl methyl sites for hydroxylation is 2. The number of hydrogen-bond acceptors (Lipinski definition) is 5. The molecule has 4 rings (SSSR count). The van der Waals surface area contributed by atoms with Crippen LogP contribution in [0, 0.1) is 6.92 Å². The van der Waals surface area contributed by atoms with Crippen LogP contribution in [-0.2, 0) is 11.3 Å². The molecule has 0 aliphatic rings. The summed E-state index contributed by atoms with van der Waals surface area (Å²) < 4.78 is 6.86. The summed E-state index contributed by atoms with van der Waals surface area (Å²) in [5, 5.41) is 5.86. The van der Waals surface area contributed by atoms with Gasteiger partial charge in [-0.25, -0.2) is 4.68 Å². The minimum atomic E-state index is -0.415. The Hall–Kier alpha value is -4.20. The number of anilines is 1. The van der Waals surface area contributed by atoms with Crippen LogP contribution in [0.5, 0.6) is 0 Å². The van der Waals surface area contributed by atoms with Gasteiger partial charge in [-0.3, -0.25) is 24.3 Å². The van der Waals surface area contributed by atoms with Crippen LogP contribution < -0.4 is 16.4 Å². The van der Waals surface area contributed by atoms with Gasteiger partial charge in [0.15, 0.2) is 5.76 Å². The number of amides is 1. The van der Waals surface area contributed by atoms with Gasteiger partial charge in [-0.05, 0) is 25.1 Å². The number of carbonyl (C=O) groups excluding carboxylic acids is 2. The van der Waals surface area contributed by atoms with E-state index in [0.717, 1.165) is 22.2 Å². The third-order valence-electron chi connectivity index (χ3n) is 4.91. The Labute approximate surface area is 176 Å². The fourth-order valence-electron chi connectivity index (χ4n) is 3.30. The Kier molecular flexibility index (Phi) is 5.36. The molecule has 0 fully saturated rings. The van der Waals surface area contributed by atoms with E-state index in [-0.39, 0.29) is 30.4 Å². The summed E-state index contributed by atoms with van der Waals surface area (Å²) in [4.78, 5) is 48.1. The number of fused-ring (bicyclic) bond motifs is 1. The van der Waals surface area contributed by atoms with Crippen molar-refractivity contribution in [3.63, 3.8) is 0 Å². The summed E-state index contributed by atoms with van der Waals surface area (Å²) in [5.41, 5.74) is 1.50. The third kappa shape index (κ3) is 4.23. The second kappa shape index (κ2) is 8.27. The van der Waals surface area contributed by atoms with Gasteiger partial charge >= 0.3 is 0 Å². The Balaban J connectivity index is 1.51. The Morgan fingerprint density at radius 2 is 1.81 bits per heavy atom. The SMILES string of the molecule is Cc1c(C(=O)c2ccccc2)oc2ccc(NC(=O)CCn3[nH]c(=O)ccc3=O)cc12. The summed E-state index contributed by atoms with van der Waals surface area (Å²) in [5.74, 6) is -0.267. The molecular weight excluding hydrogens is 398 g/mol. The molecule has 0 aliphatic heterocycles. The standard InChI is InChI=1S/C23H19N3O5/c1-14-17-13-16(24-19(27)11-12-26-21(29)10-9-20(28)25-26)7-8-18(17)31-23(14)22(30)15-5-3-2-4-6-15/h2-10,13H,11-12H2,1H3,(H,24,27)(H,25,28). The average molecular weight is 417 g/mol. The molecule has 0 radical (unpaired) electrons. The molecule has 0 atom stereocenters. The molecule has 8 heteroatoms. The van der Waals surface area contributed by atoms with Crippen molar-refractivity contribution in [1.82, 2.24) is 9.78 Å². The quantitative estimate of drug-likeness (QED) is 0.468. The van der Waals surface area contributed by atoms with Gasteiger partial charge in [0.05, 0.1) is 6.54 Å². The van der Waals surface area contributed by atoms with Crippen LogP contribution in [0.3, 0.4) is 0 Å². The molecule has 2 heterocycles. The Bertz CT molecular complexity index is 1400. The highest BCUT2D eigenvalue weighted by molar-refractivity contribution is 6.10. The van der Waals surface area contributed by atoms with E-state index >= 15 is 0 Å². The number of nitrogens with zero attached hydrogens (tertiary/aromatic N) is 1. The highest BCUT2D eigenvalue weighted by Gasteiger charge is 2.19. The second-order valence-corrected chi connectivity index (χ2v) is 7.06. The lowest BCUT2D eigenvalue weighted by Gasteiger charge is -2.07. The van der Waals surface area contributed by atoms with E-state index in [1.54, 1.807) is 49.4 Å². The molecule has 0 unspecified atom stereocenters. The Morgan fingerprint density at radius 3 is 2.58 bits per heavy atom. The molecule has 0 aliphatic carbocycles. The number of benzene rings is 2. The van der Waals surface area contributed by atoms with Gasteiger partial charge in [0.25, 0.3) is 11.1 Å². The van der Waals surface area contributed by atoms with Gasteiger partial charge in [-0.2, -0.15) is 0 Å². The van der Waals surface area contributed by atoms with Gasteiger partial charge < -0.3 is 9.73 Å². The molecule has 0 bridgehead atoms. The first-order valence-electron chi connectivity index (χ1n) is 9.65. The summed E-state index contributed by atoms with van der Waals surface area (Å²) in [6.07, 6.45) is 0.00000922. The average Bonchev–Trinajstić information content (AvgIpc) is 3.10. The molecule has 31 heavy (non-hydrogen) atoms. The van der Waals surface area contributed by atoms with Crippen molar-refractivity contribution in [1.29, 1.82) is 0 Å². The predicted octanol–water partition coefficient (Wildman–Crippen LogP) is 2.85. The number of aromatic amines is 1. The van der Waals surface area contributed by atoms with E-state index in [0.29, 0.717) is 22.4 Å². The largest absolute Gasteiger partial charge is 0.452 e. The summed E-state index contributed by atoms with van der Waals surface area (Å²) in [6.45, 7) is 1.84. The van der Waals surface area contributed by atoms with E-state index < -0.39 is 11.1 Å². The van der Waals surface area contributed by atoms with Gasteiger partial charge in [0.2, 0.25) is 11.7 Å². The maximum absolute atomic E-state index is 12.8. The van der Waals surface area contributed by atoms with Gasteiger partial charge in [-0.1, -0.05) is 30.3 Å². The summed E-state index contributed by atoms with van der Waals surface area (Å²) >= 11 is 0. The van der Waals surface area contributed by atoms with Crippen LogP contribution in [0.1, 0.15) is 28.1 Å². The van der Waals surface area contributed by atoms with Crippen molar-refractivity contribution in [3.05, 3.63) is 98.3 Å². The van der Waals surface area contributed by atoms with Crippen LogP contribution in [0.15, 0.2) is 74.7 Å². The molecule has 2 N–H and O–H groups in total. The van der Waals surface area contributed by atoms with E-state index in [1.807, 2.05) is 6.07 Å². The third-order valence-corrected chi connectivity index (χ3v) is 4.91. The van der Waals surface area contributed by atoms with Crippen LogP contribution in [-0.4, -0.2) is 21.5 Å². The van der Waals surface area contributed by atoms with Crippen LogP contribution in [0.2, 0.25) is 0 Å². The van der Waals surface area contributed by atoms with E-state index in [9.17, 15) is 19.2 Å². The zero-order chi connectivity index (χ0) is 22.0. The fourth-order valence-corrected chi connectivity index (χ4v) is 3.30. The molecule has 0 saturated carbocycles. The maximum Gasteiger partial charge on any atom is 0.265 e. The smallest absolute Gasteiger partial charge is 0.265 e. The molecule has 2 aromatic heterocycles. The normalized spacial score (nSPS) is 10.9. The molecule has 8 nitrogen and oxygen atoms in total. The van der Waals surface area contributed by atoms with E-state index in [2.05, 4.69) is 10.4 Å². The zero-order valence-electron chi connectivity index (χ0n) is 16.7. The minimum Gasteiger partial charge on any atom is -0.452 e. The molecule has 0 saturated heterocycles. The minimum absolute atomic E-state index is 0.00000922. The monoisotopic (exact) mass is 417 g/mol. The van der Waals surface area contributed by atoms with Crippen LogP contribution in [0.25, 0.3) is 11.0 Å². The number of H-pyrrole nitrogens is 1. The lowest BCUT2D eigenvalue weighted by atomic mass is 10.0. The molecule has 156 valence electrons. The first kappa shape index (κ1) is 20.1. The first-order valence-corrected chi connectivity index (χ1v) is 9.65. The van der Waals surface area contributed by atoms with Gasteiger partial charge in [0.1, 0.15) is 5.58 Å². The summed E-state index contributed by atoms with van der Waals surface area (Å²) in [7, 11) is 0. The number of furan rings is 1. The van der Waals surface area contributed by atoms with Crippen molar-refractivity contribution < 1.29 is 14.0 Å². The molecular formula is C23H19N3O5. The number of nitrogens with one attached hydrogen (secondary N) is 2. The predicted molar refractivity (Wildman–Crippen MR) is 115 cm³/mol. The number of hydrogen-bond donors (Lipinski definition) is 2. The lowest BCUT2D eigenvalue weighted by molar-refractivity contribution is -0.116. The number of carbonyl (C=O) groups is 2. The fraction of sp³-hybridized carbons (Fsp3) is 0.130. The molecule has 0 spiro atoms. The zero-order valence-corrected chi connectivity index (χ0v) is 16.7. The van der Waals surface area contributed by atoms with E-state index in [4.69, 9.17) is 4.42 Å². The summed E-state index contributed by atoms with van der Waals surface area (Å²) in [6, 6.07) is 16.3. The van der Waals surface area contributed by atoms with Crippen molar-refractivity contribution in [3.8, 4) is 0 Å². The highest BCUT2D eigenvalue weighted by atomic mass is 16.3. The number of aromatic nitrogens is 2.